The first kappa shape index (κ1) is 23.8. The van der Waals surface area contributed by atoms with E-state index in [1.807, 2.05) is 50.2 Å². The number of carbonyl (C=O) groups is 1. The number of rotatable bonds is 9. The fourth-order valence-corrected chi connectivity index (χ4v) is 4.50. The molecule has 0 radical (unpaired) electrons. The van der Waals surface area contributed by atoms with Crippen LogP contribution in [0.4, 0.5) is 0 Å². The van der Waals surface area contributed by atoms with E-state index in [2.05, 4.69) is 24.0 Å². The minimum absolute atomic E-state index is 0.134. The number of benzene rings is 2. The fourth-order valence-electron chi connectivity index (χ4n) is 4.50. The molecule has 0 bridgehead atoms. The topological polar surface area (TPSA) is 87.7 Å². The van der Waals surface area contributed by atoms with Crippen molar-refractivity contribution in [2.75, 3.05) is 26.9 Å². The molecular weight excluding hydrogens is 430 g/mol. The van der Waals surface area contributed by atoms with Crippen LogP contribution in [0.2, 0.25) is 0 Å². The van der Waals surface area contributed by atoms with Crippen molar-refractivity contribution < 1.29 is 19.4 Å². The number of nitrogens with one attached hydrogen (secondary N) is 1. The molecule has 0 spiro atoms. The maximum absolute atomic E-state index is 13.4. The fraction of sp³-hybridized carbons (Fsp3) is 0.407. The predicted molar refractivity (Wildman–Crippen MR) is 131 cm³/mol. The van der Waals surface area contributed by atoms with Crippen molar-refractivity contribution in [3.8, 4) is 22.8 Å². The quantitative estimate of drug-likeness (QED) is 0.465. The number of aryl methyl sites for hydroxylation is 2. The maximum Gasteiger partial charge on any atom is 0.273 e. The summed E-state index contributed by atoms with van der Waals surface area (Å²) in [5, 5.41) is 18.3. The zero-order valence-electron chi connectivity index (χ0n) is 20.5. The molecule has 2 aromatic carbocycles. The number of nitrogens with zero attached hydrogens (tertiary/aromatic N) is 2. The highest BCUT2D eigenvalue weighted by Crippen LogP contribution is 2.45. The number of carbonyl (C=O) groups excluding carboxylic acids is 1. The summed E-state index contributed by atoms with van der Waals surface area (Å²) in [4.78, 5) is 15.2. The zero-order valence-corrected chi connectivity index (χ0v) is 20.5. The number of aromatic nitrogens is 2. The molecule has 1 aliphatic rings. The van der Waals surface area contributed by atoms with Gasteiger partial charge in [-0.15, -0.1) is 0 Å². The molecule has 1 aliphatic heterocycles. The van der Waals surface area contributed by atoms with Gasteiger partial charge in [-0.2, -0.15) is 5.10 Å². The van der Waals surface area contributed by atoms with Gasteiger partial charge in [0.25, 0.3) is 5.91 Å². The van der Waals surface area contributed by atoms with Gasteiger partial charge in [-0.3, -0.25) is 9.89 Å². The molecule has 2 N–H and O–H groups in total. The minimum Gasteiger partial charge on any atom is -0.507 e. The highest BCUT2D eigenvalue weighted by Gasteiger charge is 2.42. The van der Waals surface area contributed by atoms with Crippen molar-refractivity contribution in [1.29, 1.82) is 0 Å². The Balaban J connectivity index is 1.80. The van der Waals surface area contributed by atoms with Gasteiger partial charge in [0.15, 0.2) is 0 Å². The molecule has 1 atom stereocenters. The second kappa shape index (κ2) is 9.89. The summed E-state index contributed by atoms with van der Waals surface area (Å²) in [6, 6.07) is 11.3. The molecule has 0 aliphatic carbocycles. The molecule has 3 aromatic rings. The number of phenolic OH excluding ortho intramolecular Hbond substituents is 1. The number of amides is 1. The molecule has 7 heteroatoms. The van der Waals surface area contributed by atoms with Gasteiger partial charge in [-0.1, -0.05) is 32.0 Å². The van der Waals surface area contributed by atoms with Crippen molar-refractivity contribution in [2.45, 2.75) is 40.2 Å². The normalized spacial score (nSPS) is 15.3. The van der Waals surface area contributed by atoms with E-state index in [1.165, 1.54) is 0 Å². The molecule has 1 aromatic heterocycles. The number of fused-ring (bicyclic) bond motifs is 1. The van der Waals surface area contributed by atoms with Crippen LogP contribution in [0.25, 0.3) is 11.3 Å². The van der Waals surface area contributed by atoms with Crippen LogP contribution in [0, 0.1) is 19.8 Å². The van der Waals surface area contributed by atoms with Crippen molar-refractivity contribution in [1.82, 2.24) is 15.1 Å². The average Bonchev–Trinajstić information content (AvgIpc) is 3.33. The molecule has 7 nitrogen and oxygen atoms in total. The molecular formula is C27H33N3O4. The second-order valence-electron chi connectivity index (χ2n) is 9.34. The van der Waals surface area contributed by atoms with Crippen LogP contribution in [0.5, 0.6) is 11.5 Å². The first-order valence-corrected chi connectivity index (χ1v) is 11.7. The van der Waals surface area contributed by atoms with Gasteiger partial charge in [-0.25, -0.2) is 0 Å². The molecule has 0 saturated heterocycles. The number of aromatic hydroxyl groups is 1. The third-order valence-corrected chi connectivity index (χ3v) is 6.24. The Morgan fingerprint density at radius 3 is 2.71 bits per heavy atom. The Kier molecular flexibility index (Phi) is 6.93. The number of H-pyrrole nitrogens is 1. The summed E-state index contributed by atoms with van der Waals surface area (Å²) in [6.07, 6.45) is 0.966. The molecule has 2 heterocycles. The van der Waals surface area contributed by atoms with Gasteiger partial charge in [0.1, 0.15) is 22.9 Å². The number of hydrogen-bond acceptors (Lipinski definition) is 5. The summed E-state index contributed by atoms with van der Waals surface area (Å²) in [7, 11) is 1.62. The van der Waals surface area contributed by atoms with Gasteiger partial charge < -0.3 is 19.5 Å². The van der Waals surface area contributed by atoms with E-state index in [0.29, 0.717) is 42.6 Å². The average molecular weight is 464 g/mol. The Morgan fingerprint density at radius 1 is 1.18 bits per heavy atom. The van der Waals surface area contributed by atoms with E-state index in [0.717, 1.165) is 34.4 Å². The van der Waals surface area contributed by atoms with Crippen LogP contribution in [-0.4, -0.2) is 53.0 Å². The summed E-state index contributed by atoms with van der Waals surface area (Å²) in [5.74, 6) is 1.37. The first-order valence-electron chi connectivity index (χ1n) is 11.7. The van der Waals surface area contributed by atoms with Crippen molar-refractivity contribution >= 4 is 5.91 Å². The lowest BCUT2D eigenvalue weighted by molar-refractivity contribution is 0.0677. The van der Waals surface area contributed by atoms with Crippen LogP contribution in [0.3, 0.4) is 0 Å². The standard InChI is InChI=1S/C27H33N3O4/c1-16(2)9-11-34-20-8-6-7-19(15-20)25-22-23(21-14-17(3)13-18(4)26(21)31)28-29-24(22)27(32)30(25)10-12-33-5/h6-8,13-16,25,31H,9-12H2,1-5H3,(H,28,29). The van der Waals surface area contributed by atoms with Gasteiger partial charge in [0, 0.05) is 24.8 Å². The molecule has 34 heavy (non-hydrogen) atoms. The predicted octanol–water partition coefficient (Wildman–Crippen LogP) is 5.02. The maximum atomic E-state index is 13.4. The monoisotopic (exact) mass is 463 g/mol. The summed E-state index contributed by atoms with van der Waals surface area (Å²) < 4.78 is 11.3. The largest absolute Gasteiger partial charge is 0.507 e. The lowest BCUT2D eigenvalue weighted by Crippen LogP contribution is -2.32. The Labute approximate surface area is 200 Å². The molecule has 1 unspecified atom stereocenters. The highest BCUT2D eigenvalue weighted by atomic mass is 16.5. The lowest BCUT2D eigenvalue weighted by Gasteiger charge is -2.26. The number of phenols is 1. The third-order valence-electron chi connectivity index (χ3n) is 6.24. The number of methoxy groups -OCH3 is 1. The molecule has 0 saturated carbocycles. The Morgan fingerprint density at radius 2 is 1.97 bits per heavy atom. The van der Waals surface area contributed by atoms with Crippen molar-refractivity contribution in [3.63, 3.8) is 0 Å². The highest BCUT2D eigenvalue weighted by molar-refractivity contribution is 6.00. The van der Waals surface area contributed by atoms with Gasteiger partial charge in [0.2, 0.25) is 0 Å². The summed E-state index contributed by atoms with van der Waals surface area (Å²) in [6.45, 7) is 9.66. The smallest absolute Gasteiger partial charge is 0.273 e. The van der Waals surface area contributed by atoms with Crippen LogP contribution < -0.4 is 4.74 Å². The Hall–Kier alpha value is -3.32. The van der Waals surface area contributed by atoms with Gasteiger partial charge in [0.05, 0.1) is 19.3 Å². The van der Waals surface area contributed by atoms with Gasteiger partial charge >= 0.3 is 0 Å². The number of hydrogen-bond donors (Lipinski definition) is 2. The van der Waals surface area contributed by atoms with E-state index < -0.39 is 0 Å². The molecule has 1 amide bonds. The van der Waals surface area contributed by atoms with Gasteiger partial charge in [-0.05, 0) is 61.1 Å². The summed E-state index contributed by atoms with van der Waals surface area (Å²) in [5.41, 5.74) is 5.12. The Bertz CT molecular complexity index is 1180. The van der Waals surface area contributed by atoms with Crippen LogP contribution in [0.15, 0.2) is 36.4 Å². The van der Waals surface area contributed by atoms with Crippen LogP contribution in [0.1, 0.15) is 59.1 Å². The number of ether oxygens (including phenoxy) is 2. The molecule has 180 valence electrons. The molecule has 4 rings (SSSR count). The van der Waals surface area contributed by atoms with E-state index >= 15 is 0 Å². The van der Waals surface area contributed by atoms with E-state index in [-0.39, 0.29) is 17.7 Å². The van der Waals surface area contributed by atoms with E-state index in [9.17, 15) is 9.90 Å². The van der Waals surface area contributed by atoms with Crippen molar-refractivity contribution in [2.24, 2.45) is 5.92 Å². The van der Waals surface area contributed by atoms with Crippen LogP contribution >= 0.6 is 0 Å². The lowest BCUT2D eigenvalue weighted by atomic mass is 9.94. The van der Waals surface area contributed by atoms with E-state index in [1.54, 1.807) is 12.0 Å². The SMILES string of the molecule is COCCN1C(=O)c2[nH]nc(-c3cc(C)cc(C)c3O)c2C1c1cccc(OCCC(C)C)c1. The second-order valence-corrected chi connectivity index (χ2v) is 9.34. The number of aromatic amines is 1. The minimum atomic E-state index is -0.375. The van der Waals surface area contributed by atoms with Crippen LogP contribution in [-0.2, 0) is 4.74 Å². The zero-order chi connectivity index (χ0) is 24.4. The first-order chi connectivity index (χ1) is 16.3. The third kappa shape index (κ3) is 4.53. The molecule has 0 fully saturated rings. The van der Waals surface area contributed by atoms with Crippen molar-refractivity contribution in [3.05, 3.63) is 64.3 Å². The van der Waals surface area contributed by atoms with E-state index in [4.69, 9.17) is 9.47 Å². The summed E-state index contributed by atoms with van der Waals surface area (Å²) >= 11 is 0.